The number of nitrogens with one attached hydrogen (secondary N) is 1. The standard InChI is InChI=1S/C4H5ClN2O4S/c5-12(9,10)7-4(8)11-3-1-2-6/h1,3H2,(H,7,8). The molecule has 0 aromatic rings. The third-order valence-corrected chi connectivity index (χ3v) is 1.29. The van der Waals surface area contributed by atoms with E-state index in [1.807, 2.05) is 0 Å². The fourth-order valence-electron chi connectivity index (χ4n) is 0.318. The van der Waals surface area contributed by atoms with Gasteiger partial charge in [0.15, 0.2) is 0 Å². The second-order valence-corrected chi connectivity index (χ2v) is 3.88. The summed E-state index contributed by atoms with van der Waals surface area (Å²) in [5.74, 6) is 0. The molecular formula is C4H5ClN2O4S. The number of carbonyl (C=O) groups excluding carboxylic acids is 1. The Kier molecular flexibility index (Phi) is 4.39. The van der Waals surface area contributed by atoms with E-state index in [4.69, 9.17) is 5.26 Å². The molecule has 12 heavy (non-hydrogen) atoms. The van der Waals surface area contributed by atoms with E-state index in [9.17, 15) is 13.2 Å². The Morgan fingerprint density at radius 1 is 1.67 bits per heavy atom. The maximum Gasteiger partial charge on any atom is 0.421 e. The Balaban J connectivity index is 3.71. The number of amides is 1. The van der Waals surface area contributed by atoms with Gasteiger partial charge in [-0.2, -0.15) is 13.7 Å². The molecule has 0 bridgehead atoms. The SMILES string of the molecule is N#CCCOC(=O)NS(=O)(=O)Cl. The van der Waals surface area contributed by atoms with E-state index in [0.717, 1.165) is 0 Å². The topological polar surface area (TPSA) is 96.3 Å². The van der Waals surface area contributed by atoms with Crippen LogP contribution in [0.5, 0.6) is 0 Å². The predicted molar refractivity (Wildman–Crippen MR) is 39.5 cm³/mol. The van der Waals surface area contributed by atoms with Crippen molar-refractivity contribution in [1.82, 2.24) is 4.72 Å². The molecule has 0 saturated heterocycles. The van der Waals surface area contributed by atoms with Gasteiger partial charge >= 0.3 is 15.3 Å². The van der Waals surface area contributed by atoms with Crippen molar-refractivity contribution in [2.75, 3.05) is 6.61 Å². The van der Waals surface area contributed by atoms with Crippen LogP contribution in [0.3, 0.4) is 0 Å². The maximum absolute atomic E-state index is 10.4. The molecule has 0 aliphatic rings. The summed E-state index contributed by atoms with van der Waals surface area (Å²) in [5, 5.41) is 8.01. The van der Waals surface area contributed by atoms with Gasteiger partial charge in [-0.15, -0.1) is 0 Å². The average molecular weight is 213 g/mol. The molecule has 0 atom stereocenters. The first-order chi connectivity index (χ1) is 5.45. The van der Waals surface area contributed by atoms with Gasteiger partial charge in [0.25, 0.3) is 0 Å². The lowest BCUT2D eigenvalue weighted by atomic mass is 10.5. The van der Waals surface area contributed by atoms with E-state index in [1.54, 1.807) is 6.07 Å². The summed E-state index contributed by atoms with van der Waals surface area (Å²) in [6.45, 7) is -0.172. The molecule has 0 saturated carbocycles. The first kappa shape index (κ1) is 11.0. The molecule has 1 amide bonds. The molecular weight excluding hydrogens is 208 g/mol. The van der Waals surface area contributed by atoms with Crippen LogP contribution in [0.15, 0.2) is 0 Å². The number of carbonyl (C=O) groups is 1. The van der Waals surface area contributed by atoms with Gasteiger partial charge < -0.3 is 4.74 Å². The van der Waals surface area contributed by atoms with Crippen LogP contribution >= 0.6 is 10.7 Å². The van der Waals surface area contributed by atoms with E-state index in [2.05, 4.69) is 15.4 Å². The van der Waals surface area contributed by atoms with Crippen molar-refractivity contribution in [3.63, 3.8) is 0 Å². The Morgan fingerprint density at radius 3 is 2.67 bits per heavy atom. The fraction of sp³-hybridized carbons (Fsp3) is 0.500. The van der Waals surface area contributed by atoms with Gasteiger partial charge in [-0.1, -0.05) is 0 Å². The monoisotopic (exact) mass is 212 g/mol. The number of hydrogen-bond acceptors (Lipinski definition) is 5. The maximum atomic E-state index is 10.4. The molecule has 0 aromatic carbocycles. The van der Waals surface area contributed by atoms with Crippen LogP contribution in [0.4, 0.5) is 4.79 Å². The van der Waals surface area contributed by atoms with Crippen LogP contribution < -0.4 is 4.72 Å². The lowest BCUT2D eigenvalue weighted by molar-refractivity contribution is 0.155. The van der Waals surface area contributed by atoms with Gasteiger partial charge in [0.1, 0.15) is 6.61 Å². The molecule has 0 aliphatic carbocycles. The third-order valence-electron chi connectivity index (χ3n) is 0.652. The van der Waals surface area contributed by atoms with Gasteiger partial charge in [-0.05, 0) is 0 Å². The number of halogens is 1. The zero-order chi connectivity index (χ0) is 9.61. The molecule has 0 radical (unpaired) electrons. The van der Waals surface area contributed by atoms with E-state index in [0.29, 0.717) is 0 Å². The number of hydrogen-bond donors (Lipinski definition) is 1. The second kappa shape index (κ2) is 4.79. The summed E-state index contributed by atoms with van der Waals surface area (Å²) in [7, 11) is 0.540. The van der Waals surface area contributed by atoms with Crippen LogP contribution in [-0.4, -0.2) is 21.1 Å². The lowest BCUT2D eigenvalue weighted by Crippen LogP contribution is -2.27. The molecule has 0 heterocycles. The highest BCUT2D eigenvalue weighted by molar-refractivity contribution is 8.12. The first-order valence-corrected chi connectivity index (χ1v) is 5.03. The van der Waals surface area contributed by atoms with E-state index < -0.39 is 15.3 Å². The van der Waals surface area contributed by atoms with Gasteiger partial charge in [-0.3, -0.25) is 0 Å². The molecule has 0 aromatic heterocycles. The fourth-order valence-corrected chi connectivity index (χ4v) is 0.765. The Hall–Kier alpha value is -1.00. The number of nitriles is 1. The zero-order valence-electron chi connectivity index (χ0n) is 5.78. The van der Waals surface area contributed by atoms with Crippen LogP contribution in [0.25, 0.3) is 0 Å². The summed E-state index contributed by atoms with van der Waals surface area (Å²) < 4.78 is 25.9. The minimum absolute atomic E-state index is 0.00421. The Morgan fingerprint density at radius 2 is 2.25 bits per heavy atom. The van der Waals surface area contributed by atoms with E-state index >= 15 is 0 Å². The van der Waals surface area contributed by atoms with Crippen molar-refractivity contribution >= 4 is 26.0 Å². The van der Waals surface area contributed by atoms with Gasteiger partial charge in [0.2, 0.25) is 0 Å². The predicted octanol–water partition coefficient (Wildman–Crippen LogP) is 0.110. The lowest BCUT2D eigenvalue weighted by Gasteiger charge is -2.00. The van der Waals surface area contributed by atoms with Crippen molar-refractivity contribution in [2.45, 2.75) is 6.42 Å². The molecule has 0 unspecified atom stereocenters. The molecule has 0 spiro atoms. The molecule has 6 nitrogen and oxygen atoms in total. The van der Waals surface area contributed by atoms with E-state index in [1.165, 1.54) is 4.72 Å². The van der Waals surface area contributed by atoms with Crippen molar-refractivity contribution in [2.24, 2.45) is 0 Å². The highest BCUT2D eigenvalue weighted by Crippen LogP contribution is 1.91. The second-order valence-electron chi connectivity index (χ2n) is 1.58. The van der Waals surface area contributed by atoms with Gasteiger partial charge in [0.05, 0.1) is 12.5 Å². The highest BCUT2D eigenvalue weighted by atomic mass is 35.7. The quantitative estimate of drug-likeness (QED) is 0.529. The molecule has 0 aliphatic heterocycles. The molecule has 68 valence electrons. The first-order valence-electron chi connectivity index (χ1n) is 2.72. The molecule has 0 fully saturated rings. The highest BCUT2D eigenvalue weighted by Gasteiger charge is 2.10. The van der Waals surface area contributed by atoms with Crippen molar-refractivity contribution in [3.05, 3.63) is 0 Å². The third kappa shape index (κ3) is 7.11. The smallest absolute Gasteiger partial charge is 0.421 e. The number of ether oxygens (including phenoxy) is 1. The van der Waals surface area contributed by atoms with E-state index in [-0.39, 0.29) is 13.0 Å². The van der Waals surface area contributed by atoms with Crippen LogP contribution in [0.2, 0.25) is 0 Å². The summed E-state index contributed by atoms with van der Waals surface area (Å²) in [6, 6.07) is 1.70. The van der Waals surface area contributed by atoms with Crippen LogP contribution in [0, 0.1) is 11.3 Å². The summed E-state index contributed by atoms with van der Waals surface area (Å²) >= 11 is 0. The summed E-state index contributed by atoms with van der Waals surface area (Å²) in [4.78, 5) is 10.4. The summed E-state index contributed by atoms with van der Waals surface area (Å²) in [6.07, 6.45) is -1.20. The van der Waals surface area contributed by atoms with Gasteiger partial charge in [0, 0.05) is 10.7 Å². The largest absolute Gasteiger partial charge is 0.448 e. The average Bonchev–Trinajstić information content (AvgIpc) is 1.84. The molecule has 0 rings (SSSR count). The zero-order valence-corrected chi connectivity index (χ0v) is 7.35. The van der Waals surface area contributed by atoms with Crippen LogP contribution in [0.1, 0.15) is 6.42 Å². The molecule has 8 heteroatoms. The van der Waals surface area contributed by atoms with Crippen LogP contribution in [-0.2, 0) is 14.0 Å². The van der Waals surface area contributed by atoms with Crippen molar-refractivity contribution < 1.29 is 17.9 Å². The Labute approximate surface area is 73.6 Å². The van der Waals surface area contributed by atoms with Crippen molar-refractivity contribution in [1.29, 1.82) is 5.26 Å². The number of nitrogens with zero attached hydrogens (tertiary/aromatic N) is 1. The normalized spacial score (nSPS) is 10.0. The minimum atomic E-state index is -4.10. The summed E-state index contributed by atoms with van der Waals surface area (Å²) in [5.41, 5.74) is 0. The molecule has 1 N–H and O–H groups in total. The Bertz CT molecular complexity index is 293. The van der Waals surface area contributed by atoms with Gasteiger partial charge in [-0.25, -0.2) is 9.52 Å². The van der Waals surface area contributed by atoms with Crippen molar-refractivity contribution in [3.8, 4) is 6.07 Å². The minimum Gasteiger partial charge on any atom is -0.448 e. The number of rotatable bonds is 3.